The average molecular weight is 433 g/mol. The highest BCUT2D eigenvalue weighted by molar-refractivity contribution is 5.90. The molecule has 1 amide bonds. The smallest absolute Gasteiger partial charge is 0.259 e. The maximum Gasteiger partial charge on any atom is 0.259 e. The van der Waals surface area contributed by atoms with E-state index in [0.29, 0.717) is 0 Å². The lowest BCUT2D eigenvalue weighted by molar-refractivity contribution is -0.119. The molecule has 0 spiro atoms. The summed E-state index contributed by atoms with van der Waals surface area (Å²) in [5, 5.41) is 12.0. The van der Waals surface area contributed by atoms with E-state index in [-0.39, 0.29) is 12.5 Å². The van der Waals surface area contributed by atoms with E-state index in [1.165, 1.54) is 0 Å². The molecule has 4 rings (SSSR count). The fourth-order valence-corrected chi connectivity index (χ4v) is 3.76. The van der Waals surface area contributed by atoms with Gasteiger partial charge in [0.25, 0.3) is 5.91 Å². The van der Waals surface area contributed by atoms with E-state index in [4.69, 9.17) is 9.84 Å². The van der Waals surface area contributed by atoms with Crippen LogP contribution in [0.4, 0.5) is 11.5 Å². The third kappa shape index (κ3) is 4.91. The standard InChI is InChI=1S/C24H28N6O2/c1-18-22(16-26-27-23(31)17-25-19-10-12-21(32-2)13-11-19)24(29-14-6-7-15-29)30(28-18)20-8-4-3-5-9-20/h3-5,8-13,16,25H,6-7,14-15,17H2,1-2H3,(H,27,31)/b26-16+. The summed E-state index contributed by atoms with van der Waals surface area (Å²) >= 11 is 0. The summed E-state index contributed by atoms with van der Waals surface area (Å²) in [6.07, 6.45) is 4.01. The van der Waals surface area contributed by atoms with Gasteiger partial charge in [0.05, 0.1) is 36.8 Å². The summed E-state index contributed by atoms with van der Waals surface area (Å²) in [5.74, 6) is 1.55. The van der Waals surface area contributed by atoms with Crippen LogP contribution in [-0.4, -0.2) is 48.6 Å². The van der Waals surface area contributed by atoms with Crippen molar-refractivity contribution in [2.24, 2.45) is 5.10 Å². The van der Waals surface area contributed by atoms with Crippen LogP contribution in [0.2, 0.25) is 0 Å². The van der Waals surface area contributed by atoms with E-state index in [1.807, 2.05) is 66.2 Å². The fraction of sp³-hybridized carbons (Fsp3) is 0.292. The van der Waals surface area contributed by atoms with Crippen molar-refractivity contribution >= 4 is 23.6 Å². The molecule has 0 unspecified atom stereocenters. The van der Waals surface area contributed by atoms with Crippen molar-refractivity contribution in [2.45, 2.75) is 19.8 Å². The summed E-state index contributed by atoms with van der Waals surface area (Å²) in [6.45, 7) is 4.05. The van der Waals surface area contributed by atoms with E-state index in [2.05, 4.69) is 20.7 Å². The largest absolute Gasteiger partial charge is 0.497 e. The molecule has 8 heteroatoms. The molecule has 1 fully saturated rings. The number of benzene rings is 2. The van der Waals surface area contributed by atoms with Crippen molar-refractivity contribution < 1.29 is 9.53 Å². The Kier molecular flexibility index (Phi) is 6.69. The minimum absolute atomic E-state index is 0.116. The van der Waals surface area contributed by atoms with Gasteiger partial charge in [-0.3, -0.25) is 4.79 Å². The number of carbonyl (C=O) groups excluding carboxylic acids is 1. The first-order chi connectivity index (χ1) is 15.7. The zero-order chi connectivity index (χ0) is 22.3. The number of hydrogen-bond donors (Lipinski definition) is 2. The Morgan fingerprint density at radius 3 is 2.53 bits per heavy atom. The molecule has 1 aromatic heterocycles. The first-order valence-electron chi connectivity index (χ1n) is 10.8. The van der Waals surface area contributed by atoms with Crippen LogP contribution >= 0.6 is 0 Å². The molecular formula is C24H28N6O2. The zero-order valence-corrected chi connectivity index (χ0v) is 18.4. The lowest BCUT2D eigenvalue weighted by atomic mass is 10.2. The SMILES string of the molecule is COc1ccc(NCC(=O)N/N=C/c2c(C)nn(-c3ccccc3)c2N2CCCC2)cc1. The third-order valence-electron chi connectivity index (χ3n) is 5.41. The molecule has 1 aliphatic heterocycles. The quantitative estimate of drug-likeness (QED) is 0.421. The highest BCUT2D eigenvalue weighted by atomic mass is 16.5. The monoisotopic (exact) mass is 432 g/mol. The lowest BCUT2D eigenvalue weighted by Crippen LogP contribution is -2.26. The van der Waals surface area contributed by atoms with Crippen molar-refractivity contribution in [3.8, 4) is 11.4 Å². The Morgan fingerprint density at radius 1 is 1.12 bits per heavy atom. The molecule has 2 aromatic carbocycles. The van der Waals surface area contributed by atoms with E-state index in [0.717, 1.165) is 60.1 Å². The molecule has 1 saturated heterocycles. The number of amides is 1. The number of para-hydroxylation sites is 1. The molecule has 32 heavy (non-hydrogen) atoms. The maximum absolute atomic E-state index is 12.2. The van der Waals surface area contributed by atoms with Crippen LogP contribution < -0.4 is 20.4 Å². The number of carbonyl (C=O) groups is 1. The predicted octanol–water partition coefficient (Wildman–Crippen LogP) is 3.35. The highest BCUT2D eigenvalue weighted by Crippen LogP contribution is 2.28. The second-order valence-electron chi connectivity index (χ2n) is 7.64. The Labute approximate surface area is 187 Å². The van der Waals surface area contributed by atoms with Crippen LogP contribution in [-0.2, 0) is 4.79 Å². The summed E-state index contributed by atoms with van der Waals surface area (Å²) in [5.41, 5.74) is 6.23. The number of nitrogens with zero attached hydrogens (tertiary/aromatic N) is 4. The molecule has 0 saturated carbocycles. The lowest BCUT2D eigenvalue weighted by Gasteiger charge is -2.20. The molecule has 1 aliphatic rings. The van der Waals surface area contributed by atoms with E-state index < -0.39 is 0 Å². The summed E-state index contributed by atoms with van der Waals surface area (Å²) in [6, 6.07) is 17.5. The van der Waals surface area contributed by atoms with E-state index >= 15 is 0 Å². The second-order valence-corrected chi connectivity index (χ2v) is 7.64. The molecule has 0 bridgehead atoms. The van der Waals surface area contributed by atoms with Crippen molar-refractivity contribution in [2.75, 3.05) is 37.0 Å². The molecule has 3 aromatic rings. The topological polar surface area (TPSA) is 83.8 Å². The number of methoxy groups -OCH3 is 1. The highest BCUT2D eigenvalue weighted by Gasteiger charge is 2.23. The first kappa shape index (κ1) is 21.4. The Balaban J connectivity index is 1.45. The number of aromatic nitrogens is 2. The van der Waals surface area contributed by atoms with Crippen LogP contribution in [0.25, 0.3) is 5.69 Å². The van der Waals surface area contributed by atoms with Gasteiger partial charge in [-0.05, 0) is 56.2 Å². The van der Waals surface area contributed by atoms with Gasteiger partial charge in [-0.2, -0.15) is 10.2 Å². The van der Waals surface area contributed by atoms with Crippen molar-refractivity contribution in [3.63, 3.8) is 0 Å². The zero-order valence-electron chi connectivity index (χ0n) is 18.4. The number of aryl methyl sites for hydroxylation is 1. The average Bonchev–Trinajstić information content (AvgIpc) is 3.47. The minimum atomic E-state index is -0.229. The summed E-state index contributed by atoms with van der Waals surface area (Å²) < 4.78 is 7.11. The second kappa shape index (κ2) is 10.00. The fourth-order valence-electron chi connectivity index (χ4n) is 3.76. The van der Waals surface area contributed by atoms with Gasteiger partial charge in [0, 0.05) is 18.8 Å². The van der Waals surface area contributed by atoms with E-state index in [1.54, 1.807) is 13.3 Å². The molecule has 0 radical (unpaired) electrons. The predicted molar refractivity (Wildman–Crippen MR) is 127 cm³/mol. The van der Waals surface area contributed by atoms with E-state index in [9.17, 15) is 4.79 Å². The normalized spacial score (nSPS) is 13.5. The Bertz CT molecular complexity index is 1070. The molecule has 2 N–H and O–H groups in total. The van der Waals surface area contributed by atoms with Crippen LogP contribution in [0.1, 0.15) is 24.1 Å². The van der Waals surface area contributed by atoms with Crippen LogP contribution in [0.15, 0.2) is 59.7 Å². The van der Waals surface area contributed by atoms with Gasteiger partial charge in [-0.15, -0.1) is 0 Å². The molecule has 166 valence electrons. The van der Waals surface area contributed by atoms with Crippen molar-refractivity contribution in [1.82, 2.24) is 15.2 Å². The molecule has 0 atom stereocenters. The summed E-state index contributed by atoms with van der Waals surface area (Å²) in [7, 11) is 1.62. The number of nitrogens with one attached hydrogen (secondary N) is 2. The van der Waals surface area contributed by atoms with Crippen LogP contribution in [0.3, 0.4) is 0 Å². The third-order valence-corrected chi connectivity index (χ3v) is 5.41. The van der Waals surface area contributed by atoms with Crippen molar-refractivity contribution in [1.29, 1.82) is 0 Å². The van der Waals surface area contributed by atoms with Gasteiger partial charge < -0.3 is 15.0 Å². The van der Waals surface area contributed by atoms with Gasteiger partial charge in [-0.1, -0.05) is 18.2 Å². The van der Waals surface area contributed by atoms with Gasteiger partial charge in [0.2, 0.25) is 0 Å². The number of hydrazone groups is 1. The number of hydrogen-bond acceptors (Lipinski definition) is 6. The van der Waals surface area contributed by atoms with Gasteiger partial charge in [0.15, 0.2) is 0 Å². The van der Waals surface area contributed by atoms with Gasteiger partial charge in [0.1, 0.15) is 11.6 Å². The Hall–Kier alpha value is -3.81. The maximum atomic E-state index is 12.2. The van der Waals surface area contributed by atoms with Gasteiger partial charge in [-0.25, -0.2) is 10.1 Å². The van der Waals surface area contributed by atoms with Gasteiger partial charge >= 0.3 is 0 Å². The molecule has 8 nitrogen and oxygen atoms in total. The minimum Gasteiger partial charge on any atom is -0.497 e. The first-order valence-corrected chi connectivity index (χ1v) is 10.8. The molecule has 2 heterocycles. The Morgan fingerprint density at radius 2 is 1.84 bits per heavy atom. The number of anilines is 2. The number of rotatable bonds is 8. The number of ether oxygens (including phenoxy) is 1. The summed E-state index contributed by atoms with van der Waals surface area (Å²) in [4.78, 5) is 14.6. The molecular weight excluding hydrogens is 404 g/mol. The van der Waals surface area contributed by atoms with Crippen LogP contribution in [0, 0.1) is 6.92 Å². The molecule has 0 aliphatic carbocycles. The van der Waals surface area contributed by atoms with Crippen molar-refractivity contribution in [3.05, 3.63) is 65.9 Å². The van der Waals surface area contributed by atoms with Crippen LogP contribution in [0.5, 0.6) is 5.75 Å².